The minimum atomic E-state index is -0.251. The number of aryl methyl sites for hydroxylation is 1. The maximum atomic E-state index is 6.72. The van der Waals surface area contributed by atoms with Gasteiger partial charge in [0.1, 0.15) is 5.75 Å². The normalized spacial score (nSPS) is 12.3. The fourth-order valence-electron chi connectivity index (χ4n) is 2.28. The Balaban J connectivity index is 2.62. The van der Waals surface area contributed by atoms with Gasteiger partial charge in [-0.2, -0.15) is 0 Å². The third-order valence-corrected chi connectivity index (χ3v) is 5.09. The molecule has 2 aromatic rings. The van der Waals surface area contributed by atoms with E-state index in [1.807, 2.05) is 31.2 Å². The lowest BCUT2D eigenvalue weighted by atomic mass is 9.96. The highest BCUT2D eigenvalue weighted by atomic mass is 79.9. The van der Waals surface area contributed by atoms with E-state index in [2.05, 4.69) is 44.8 Å². The van der Waals surface area contributed by atoms with Crippen molar-refractivity contribution in [3.05, 3.63) is 61.5 Å². The van der Waals surface area contributed by atoms with Crippen LogP contribution in [0.25, 0.3) is 0 Å². The van der Waals surface area contributed by atoms with Crippen LogP contribution in [0.2, 0.25) is 0 Å². The minimum Gasteiger partial charge on any atom is -0.496 e. The maximum absolute atomic E-state index is 6.72. The summed E-state index contributed by atoms with van der Waals surface area (Å²) in [6.07, 6.45) is 0. The lowest BCUT2D eigenvalue weighted by molar-refractivity contribution is 0.406. The van der Waals surface area contributed by atoms with Crippen molar-refractivity contribution in [2.45, 2.75) is 19.2 Å². The number of benzene rings is 2. The quantitative estimate of drug-likeness (QED) is 0.542. The molecule has 0 amide bonds. The highest BCUT2D eigenvalue weighted by Gasteiger charge is 2.21. The zero-order valence-corrected chi connectivity index (χ0v) is 15.4. The first-order valence-corrected chi connectivity index (χ1v) is 8.21. The average Bonchev–Trinajstić information content (AvgIpc) is 2.41. The summed E-state index contributed by atoms with van der Waals surface area (Å²) in [4.78, 5) is 0. The van der Waals surface area contributed by atoms with Crippen molar-refractivity contribution in [2.75, 3.05) is 7.11 Å². The summed E-state index contributed by atoms with van der Waals surface area (Å²) in [6, 6.07) is 10.1. The smallest absolute Gasteiger partial charge is 0.127 e. The van der Waals surface area contributed by atoms with Gasteiger partial charge in [0.2, 0.25) is 0 Å². The van der Waals surface area contributed by atoms with Crippen molar-refractivity contribution in [3.8, 4) is 5.75 Å². The second-order valence-electron chi connectivity index (χ2n) is 4.66. The van der Waals surface area contributed by atoms with Crippen molar-refractivity contribution in [3.63, 3.8) is 0 Å². The van der Waals surface area contributed by atoms with Crippen LogP contribution in [-0.4, -0.2) is 7.11 Å². The van der Waals surface area contributed by atoms with Crippen molar-refractivity contribution in [2.24, 2.45) is 0 Å². The first kappa shape index (κ1) is 15.9. The molecule has 0 saturated carbocycles. The summed E-state index contributed by atoms with van der Waals surface area (Å²) in [5.74, 6) is 0.852. The van der Waals surface area contributed by atoms with Crippen LogP contribution in [0.1, 0.15) is 27.6 Å². The predicted octanol–water partition coefficient (Wildman–Crippen LogP) is 6.17. The van der Waals surface area contributed by atoms with Crippen molar-refractivity contribution < 1.29 is 4.74 Å². The van der Waals surface area contributed by atoms with Gasteiger partial charge in [0.05, 0.1) is 12.5 Å². The van der Waals surface area contributed by atoms with E-state index >= 15 is 0 Å². The topological polar surface area (TPSA) is 9.23 Å². The number of methoxy groups -OCH3 is 1. The highest BCUT2D eigenvalue weighted by Crippen LogP contribution is 2.42. The molecule has 1 unspecified atom stereocenters. The molecule has 1 atom stereocenters. The first-order valence-electron chi connectivity index (χ1n) is 6.18. The Morgan fingerprint density at radius 1 is 1.15 bits per heavy atom. The molecule has 0 saturated heterocycles. The van der Waals surface area contributed by atoms with Crippen molar-refractivity contribution >= 4 is 43.5 Å². The molecule has 106 valence electrons. The summed E-state index contributed by atoms with van der Waals surface area (Å²) in [5, 5.41) is -0.251. The van der Waals surface area contributed by atoms with Crippen LogP contribution >= 0.6 is 43.5 Å². The molecule has 0 radical (unpaired) electrons. The zero-order valence-electron chi connectivity index (χ0n) is 11.5. The van der Waals surface area contributed by atoms with Crippen molar-refractivity contribution in [1.82, 2.24) is 0 Å². The number of halogens is 3. The van der Waals surface area contributed by atoms with Crippen LogP contribution in [0.4, 0.5) is 0 Å². The third-order valence-electron chi connectivity index (χ3n) is 3.31. The second kappa shape index (κ2) is 6.50. The van der Waals surface area contributed by atoms with Crippen LogP contribution in [0.3, 0.4) is 0 Å². The number of hydrogen-bond donors (Lipinski definition) is 0. The molecule has 1 nitrogen and oxygen atoms in total. The summed E-state index contributed by atoms with van der Waals surface area (Å²) in [7, 11) is 1.68. The maximum Gasteiger partial charge on any atom is 0.127 e. The lowest BCUT2D eigenvalue weighted by Crippen LogP contribution is -2.03. The number of ether oxygens (including phenoxy) is 1. The minimum absolute atomic E-state index is 0.251. The number of rotatable bonds is 3. The van der Waals surface area contributed by atoms with Crippen LogP contribution in [0.15, 0.2) is 39.3 Å². The second-order valence-corrected chi connectivity index (χ2v) is 6.87. The third kappa shape index (κ3) is 3.05. The van der Waals surface area contributed by atoms with E-state index in [-0.39, 0.29) is 5.38 Å². The summed E-state index contributed by atoms with van der Waals surface area (Å²) in [5.41, 5.74) is 4.23. The van der Waals surface area contributed by atoms with Gasteiger partial charge in [-0.1, -0.05) is 44.0 Å². The fraction of sp³-hybridized carbons (Fsp3) is 0.250. The lowest BCUT2D eigenvalue weighted by Gasteiger charge is -2.20. The molecule has 0 aliphatic carbocycles. The van der Waals surface area contributed by atoms with E-state index in [0.29, 0.717) is 0 Å². The Bertz CT molecular complexity index is 641. The van der Waals surface area contributed by atoms with Gasteiger partial charge in [0.25, 0.3) is 0 Å². The fourth-order valence-corrected chi connectivity index (χ4v) is 3.65. The molecule has 2 aromatic carbocycles. The summed E-state index contributed by atoms with van der Waals surface area (Å²) < 4.78 is 7.63. The van der Waals surface area contributed by atoms with Gasteiger partial charge in [-0.15, -0.1) is 11.6 Å². The van der Waals surface area contributed by atoms with E-state index in [4.69, 9.17) is 16.3 Å². The van der Waals surface area contributed by atoms with Gasteiger partial charge in [-0.25, -0.2) is 0 Å². The van der Waals surface area contributed by atoms with Crippen LogP contribution in [0, 0.1) is 13.8 Å². The van der Waals surface area contributed by atoms with Gasteiger partial charge in [0, 0.05) is 14.5 Å². The van der Waals surface area contributed by atoms with Crippen LogP contribution in [-0.2, 0) is 0 Å². The molecule has 20 heavy (non-hydrogen) atoms. The molecular weight excluding hydrogens is 403 g/mol. The average molecular weight is 419 g/mol. The SMILES string of the molecule is COc1c(C)cc(Br)c(C)c1C(Cl)c1cccc(Br)c1. The number of alkyl halides is 1. The Morgan fingerprint density at radius 2 is 1.85 bits per heavy atom. The van der Waals surface area contributed by atoms with Crippen LogP contribution in [0.5, 0.6) is 5.75 Å². The molecule has 0 heterocycles. The molecular formula is C16H15Br2ClO. The van der Waals surface area contributed by atoms with Crippen LogP contribution < -0.4 is 4.74 Å². The number of hydrogen-bond acceptors (Lipinski definition) is 1. The molecule has 2 rings (SSSR count). The first-order chi connectivity index (χ1) is 9.45. The van der Waals surface area contributed by atoms with E-state index < -0.39 is 0 Å². The van der Waals surface area contributed by atoms with Crippen molar-refractivity contribution in [1.29, 1.82) is 0 Å². The predicted molar refractivity (Wildman–Crippen MR) is 92.0 cm³/mol. The Kier molecular flexibility index (Phi) is 5.16. The molecule has 0 bridgehead atoms. The standard InChI is InChI=1S/C16H15Br2ClO/c1-9-7-13(18)10(2)14(16(9)20-3)15(19)11-5-4-6-12(17)8-11/h4-8,15H,1-3H3. The van der Waals surface area contributed by atoms with Gasteiger partial charge in [0.15, 0.2) is 0 Å². The van der Waals surface area contributed by atoms with Gasteiger partial charge in [-0.3, -0.25) is 0 Å². The van der Waals surface area contributed by atoms with Gasteiger partial charge < -0.3 is 4.74 Å². The molecule has 0 N–H and O–H groups in total. The van der Waals surface area contributed by atoms with E-state index in [9.17, 15) is 0 Å². The molecule has 0 aromatic heterocycles. The van der Waals surface area contributed by atoms with E-state index in [1.54, 1.807) is 7.11 Å². The largest absolute Gasteiger partial charge is 0.496 e. The Hall–Kier alpha value is -0.510. The monoisotopic (exact) mass is 416 g/mol. The molecule has 0 aliphatic rings. The Morgan fingerprint density at radius 3 is 2.45 bits per heavy atom. The molecule has 4 heteroatoms. The summed E-state index contributed by atoms with van der Waals surface area (Å²) >= 11 is 13.8. The summed E-state index contributed by atoms with van der Waals surface area (Å²) in [6.45, 7) is 4.08. The van der Waals surface area contributed by atoms with Gasteiger partial charge in [-0.05, 0) is 48.7 Å². The molecule has 0 fully saturated rings. The van der Waals surface area contributed by atoms with Gasteiger partial charge >= 0.3 is 0 Å². The Labute approximate surface area is 141 Å². The van der Waals surface area contributed by atoms with E-state index in [1.165, 1.54) is 0 Å². The highest BCUT2D eigenvalue weighted by molar-refractivity contribution is 9.10. The van der Waals surface area contributed by atoms with E-state index in [0.717, 1.165) is 36.9 Å². The molecule has 0 spiro atoms. The molecule has 0 aliphatic heterocycles. The zero-order chi connectivity index (χ0) is 14.9.